The molecule has 1 fully saturated rings. The molecule has 1 N–H and O–H groups in total. The minimum atomic E-state index is -4.00. The van der Waals surface area contributed by atoms with Gasteiger partial charge in [0.15, 0.2) is 0 Å². The molecule has 0 bridgehead atoms. The first kappa shape index (κ1) is 21.8. The zero-order valence-corrected chi connectivity index (χ0v) is 17.9. The van der Waals surface area contributed by atoms with Crippen molar-refractivity contribution in [2.24, 2.45) is 5.92 Å². The van der Waals surface area contributed by atoms with E-state index in [4.69, 9.17) is 0 Å². The molecule has 3 atom stereocenters. The van der Waals surface area contributed by atoms with Crippen LogP contribution in [0.3, 0.4) is 0 Å². The Morgan fingerprint density at radius 1 is 1.21 bits per heavy atom. The van der Waals surface area contributed by atoms with Gasteiger partial charge in [0.25, 0.3) is 0 Å². The molecule has 0 saturated carbocycles. The molecule has 29 heavy (non-hydrogen) atoms. The summed E-state index contributed by atoms with van der Waals surface area (Å²) in [5.41, 5.74) is 1.18. The molecule has 8 heteroatoms. The van der Waals surface area contributed by atoms with Gasteiger partial charge in [-0.05, 0) is 37.3 Å². The lowest BCUT2D eigenvalue weighted by Crippen LogP contribution is -2.49. The van der Waals surface area contributed by atoms with E-state index in [0.29, 0.717) is 5.75 Å². The summed E-state index contributed by atoms with van der Waals surface area (Å²) in [6.45, 7) is 3.59. The summed E-state index contributed by atoms with van der Waals surface area (Å²) in [5, 5.41) is 9.43. The molecule has 3 rings (SSSR count). The fraction of sp³-hybridized carbons (Fsp3) is 0.381. The largest absolute Gasteiger partial charge is 0.481 e. The van der Waals surface area contributed by atoms with Crippen LogP contribution in [0.4, 0.5) is 4.39 Å². The number of carboxylic acids is 1. The van der Waals surface area contributed by atoms with Crippen molar-refractivity contribution in [1.29, 1.82) is 0 Å². The minimum Gasteiger partial charge on any atom is -0.481 e. The molecule has 0 amide bonds. The third-order valence-electron chi connectivity index (χ3n) is 5.22. The van der Waals surface area contributed by atoms with Gasteiger partial charge in [-0.1, -0.05) is 42.8 Å². The van der Waals surface area contributed by atoms with E-state index in [1.165, 1.54) is 34.3 Å². The molecule has 1 heterocycles. The number of thioether (sulfide) groups is 1. The number of benzene rings is 2. The molecule has 0 aliphatic carbocycles. The summed E-state index contributed by atoms with van der Waals surface area (Å²) in [5.74, 6) is -1.69. The topological polar surface area (TPSA) is 74.7 Å². The predicted octanol–water partition coefficient (Wildman–Crippen LogP) is 4.09. The van der Waals surface area contributed by atoms with Gasteiger partial charge in [0, 0.05) is 17.4 Å². The van der Waals surface area contributed by atoms with Crippen LogP contribution in [0.1, 0.15) is 30.5 Å². The van der Waals surface area contributed by atoms with E-state index in [0.717, 1.165) is 5.56 Å². The van der Waals surface area contributed by atoms with E-state index in [-0.39, 0.29) is 28.7 Å². The number of carboxylic acid groups (broad SMARTS) is 1. The van der Waals surface area contributed by atoms with Crippen molar-refractivity contribution in [1.82, 2.24) is 4.31 Å². The van der Waals surface area contributed by atoms with Crippen molar-refractivity contribution in [3.63, 3.8) is 0 Å². The average Bonchev–Trinajstić information content (AvgIpc) is 2.68. The third-order valence-corrected chi connectivity index (χ3v) is 8.39. The number of aliphatic carboxylic acids is 1. The summed E-state index contributed by atoms with van der Waals surface area (Å²) < 4.78 is 42.6. The Morgan fingerprint density at radius 2 is 1.86 bits per heavy atom. The van der Waals surface area contributed by atoms with E-state index in [2.05, 4.69) is 0 Å². The van der Waals surface area contributed by atoms with Crippen LogP contribution < -0.4 is 0 Å². The van der Waals surface area contributed by atoms with Gasteiger partial charge in [-0.2, -0.15) is 16.1 Å². The van der Waals surface area contributed by atoms with E-state index < -0.39 is 33.8 Å². The molecule has 0 radical (unpaired) electrons. The lowest BCUT2D eigenvalue weighted by atomic mass is 9.90. The van der Waals surface area contributed by atoms with Gasteiger partial charge >= 0.3 is 5.97 Å². The highest BCUT2D eigenvalue weighted by molar-refractivity contribution is 7.99. The maximum absolute atomic E-state index is 14.6. The van der Waals surface area contributed by atoms with Gasteiger partial charge in [0.1, 0.15) is 5.82 Å². The van der Waals surface area contributed by atoms with Crippen molar-refractivity contribution in [2.75, 3.05) is 12.3 Å². The second-order valence-corrected chi connectivity index (χ2v) is 10.5. The Balaban J connectivity index is 2.10. The maximum Gasteiger partial charge on any atom is 0.308 e. The number of piperidine rings is 1. The molecule has 0 unspecified atom stereocenters. The van der Waals surface area contributed by atoms with Crippen LogP contribution in [0.5, 0.6) is 0 Å². The highest BCUT2D eigenvalue weighted by Gasteiger charge is 2.45. The Kier molecular flexibility index (Phi) is 6.65. The normalized spacial score (nSPS) is 23.1. The molecule has 156 valence electrons. The number of halogens is 1. The summed E-state index contributed by atoms with van der Waals surface area (Å²) >= 11 is 1.48. The Bertz CT molecular complexity index is 978. The highest BCUT2D eigenvalue weighted by atomic mass is 32.2. The molecular weight excluding hydrogens is 413 g/mol. The van der Waals surface area contributed by atoms with Crippen molar-refractivity contribution in [3.8, 4) is 0 Å². The number of hydrogen-bond acceptors (Lipinski definition) is 4. The summed E-state index contributed by atoms with van der Waals surface area (Å²) in [7, 11) is -4.00. The maximum atomic E-state index is 14.6. The monoisotopic (exact) mass is 437 g/mol. The van der Waals surface area contributed by atoms with E-state index in [9.17, 15) is 22.7 Å². The number of sulfonamides is 1. The van der Waals surface area contributed by atoms with Gasteiger partial charge in [0.2, 0.25) is 10.0 Å². The SMILES string of the molecule is CCS[C@@H]1C[C@@H](c2ccccc2F)N(S(=O)(=O)c2ccc(C)cc2)C[C@H]1C(=O)O. The lowest BCUT2D eigenvalue weighted by molar-refractivity contribution is -0.143. The van der Waals surface area contributed by atoms with E-state index >= 15 is 0 Å². The van der Waals surface area contributed by atoms with Crippen LogP contribution in [0, 0.1) is 18.7 Å². The molecule has 1 aliphatic heterocycles. The molecule has 1 saturated heterocycles. The van der Waals surface area contributed by atoms with Gasteiger partial charge < -0.3 is 5.11 Å². The molecule has 0 aromatic heterocycles. The first-order valence-corrected chi connectivity index (χ1v) is 11.9. The standard InChI is InChI=1S/C21H24FNO4S2/c1-3-28-20-12-19(16-6-4-5-7-18(16)22)23(13-17(20)21(24)25)29(26,27)15-10-8-14(2)9-11-15/h4-11,17,19-20H,3,12-13H2,1-2H3,(H,24,25)/t17-,19+,20-/m1/s1. The first-order valence-electron chi connectivity index (χ1n) is 9.43. The lowest BCUT2D eigenvalue weighted by Gasteiger charge is -2.41. The number of hydrogen-bond donors (Lipinski definition) is 1. The molecule has 2 aromatic rings. The highest BCUT2D eigenvalue weighted by Crippen LogP contribution is 2.42. The van der Waals surface area contributed by atoms with E-state index in [1.54, 1.807) is 30.3 Å². The van der Waals surface area contributed by atoms with Crippen molar-refractivity contribution < 1.29 is 22.7 Å². The smallest absolute Gasteiger partial charge is 0.308 e. The number of aryl methyl sites for hydroxylation is 1. The van der Waals surface area contributed by atoms with Crippen LogP contribution in [0.25, 0.3) is 0 Å². The Hall–Kier alpha value is -1.90. The number of carbonyl (C=O) groups is 1. The third kappa shape index (κ3) is 4.49. The Morgan fingerprint density at radius 3 is 2.45 bits per heavy atom. The first-order chi connectivity index (χ1) is 13.8. The van der Waals surface area contributed by atoms with Crippen LogP contribution in [0.2, 0.25) is 0 Å². The number of nitrogens with zero attached hydrogens (tertiary/aromatic N) is 1. The van der Waals surface area contributed by atoms with Crippen molar-refractivity contribution in [3.05, 3.63) is 65.5 Å². The molecular formula is C21H24FNO4S2. The van der Waals surface area contributed by atoms with Gasteiger partial charge in [0.05, 0.1) is 16.9 Å². The summed E-state index contributed by atoms with van der Waals surface area (Å²) in [6, 6.07) is 11.7. The van der Waals surface area contributed by atoms with Crippen LogP contribution >= 0.6 is 11.8 Å². The van der Waals surface area contributed by atoms with Crippen LogP contribution in [-0.4, -0.2) is 41.3 Å². The molecule has 0 spiro atoms. The van der Waals surface area contributed by atoms with Crippen LogP contribution in [-0.2, 0) is 14.8 Å². The van der Waals surface area contributed by atoms with Crippen molar-refractivity contribution in [2.45, 2.75) is 36.5 Å². The second kappa shape index (κ2) is 8.85. The molecule has 5 nitrogen and oxygen atoms in total. The molecule has 2 aromatic carbocycles. The molecule has 1 aliphatic rings. The van der Waals surface area contributed by atoms with Crippen LogP contribution in [0.15, 0.2) is 53.4 Å². The second-order valence-electron chi connectivity index (χ2n) is 7.10. The minimum absolute atomic E-state index is 0.0789. The zero-order chi connectivity index (χ0) is 21.2. The van der Waals surface area contributed by atoms with Gasteiger partial charge in [-0.15, -0.1) is 0 Å². The van der Waals surface area contributed by atoms with E-state index in [1.807, 2.05) is 13.8 Å². The average molecular weight is 438 g/mol. The Labute approximate surface area is 175 Å². The van der Waals surface area contributed by atoms with Crippen molar-refractivity contribution >= 4 is 27.8 Å². The van der Waals surface area contributed by atoms with Gasteiger partial charge in [-0.25, -0.2) is 12.8 Å². The fourth-order valence-electron chi connectivity index (χ4n) is 3.71. The fourth-order valence-corrected chi connectivity index (χ4v) is 6.54. The quantitative estimate of drug-likeness (QED) is 0.737. The number of rotatable bonds is 6. The summed E-state index contributed by atoms with van der Waals surface area (Å²) in [6.07, 6.45) is 0.238. The summed E-state index contributed by atoms with van der Waals surface area (Å²) in [4.78, 5) is 12.0. The predicted molar refractivity (Wildman–Crippen MR) is 112 cm³/mol. The zero-order valence-electron chi connectivity index (χ0n) is 16.3. The van der Waals surface area contributed by atoms with Gasteiger partial charge in [-0.3, -0.25) is 4.79 Å².